The maximum atomic E-state index is 8.09. The van der Waals surface area contributed by atoms with Crippen LogP contribution in [0.15, 0.2) is 50.1 Å². The molecule has 0 aliphatic carbocycles. The molecule has 0 aromatic carbocycles. The lowest BCUT2D eigenvalue weighted by atomic mass is 10.9. The van der Waals surface area contributed by atoms with Crippen LogP contribution in [0.4, 0.5) is 0 Å². The molecule has 0 rings (SSSR count). The zero-order valence-corrected chi connectivity index (χ0v) is 7.93. The monoisotopic (exact) mass is 222 g/mol. The first-order valence-electron chi connectivity index (χ1n) is 3.13. The number of aliphatic hydroxyl groups is 4. The molecule has 15 heavy (non-hydrogen) atoms. The highest BCUT2D eigenvalue weighted by Gasteiger charge is 1.87. The molecule has 0 heterocycles. The van der Waals surface area contributed by atoms with Crippen LogP contribution in [-0.4, -0.2) is 25.9 Å². The Morgan fingerprint density at radius 3 is 0.733 bits per heavy atom. The van der Waals surface area contributed by atoms with Gasteiger partial charge in [0.1, 0.15) is 0 Å². The van der Waals surface area contributed by atoms with Gasteiger partial charge in [-0.1, -0.05) is 0 Å². The molecule has 0 unspecified atom stereocenters. The largest absolute Gasteiger partial charge is 0.481 e. The first kappa shape index (κ1) is 18.5. The lowest BCUT2D eigenvalue weighted by molar-refractivity contribution is 0.0706. The third-order valence-electron chi connectivity index (χ3n) is 0.471. The molecule has 0 aliphatic heterocycles. The maximum Gasteiger partial charge on any atom is 0.277 e. The molecular formula is C8H14O7. The third kappa shape index (κ3) is 33.8. The molecule has 88 valence electrons. The summed E-state index contributed by atoms with van der Waals surface area (Å²) in [5, 5.41) is 32.3. The molecule has 0 aliphatic rings. The van der Waals surface area contributed by atoms with Gasteiger partial charge in [0.05, 0.1) is 0 Å². The van der Waals surface area contributed by atoms with Crippen LogP contribution in [-0.2, 0) is 9.47 Å². The average molecular weight is 222 g/mol. The van der Waals surface area contributed by atoms with Gasteiger partial charge in [-0.25, -0.2) is 0 Å². The van der Waals surface area contributed by atoms with Crippen molar-refractivity contribution in [3.63, 3.8) is 0 Å². The van der Waals surface area contributed by atoms with Crippen LogP contribution in [0, 0.1) is 0 Å². The molecule has 0 atom stereocenters. The molecule has 0 aromatic rings. The summed E-state index contributed by atoms with van der Waals surface area (Å²) in [5.41, 5.74) is 0. The van der Waals surface area contributed by atoms with E-state index in [2.05, 4.69) is 35.8 Å². The molecule has 0 spiro atoms. The van der Waals surface area contributed by atoms with E-state index < -0.39 is 23.8 Å². The van der Waals surface area contributed by atoms with Crippen molar-refractivity contribution in [1.29, 1.82) is 0 Å². The van der Waals surface area contributed by atoms with E-state index in [1.54, 1.807) is 0 Å². The van der Waals surface area contributed by atoms with Crippen LogP contribution in [0.25, 0.3) is 0 Å². The smallest absolute Gasteiger partial charge is 0.277 e. The standard InChI is InChI=1S/2C4H6O3.H2O/c2*1-3(5)7-4(2)6;/h2*5-6H,1-2H2;1H2. The van der Waals surface area contributed by atoms with Gasteiger partial charge in [-0.05, 0) is 26.3 Å². The van der Waals surface area contributed by atoms with Crippen molar-refractivity contribution in [2.75, 3.05) is 0 Å². The highest BCUT2D eigenvalue weighted by atomic mass is 16.7. The van der Waals surface area contributed by atoms with Crippen molar-refractivity contribution in [2.45, 2.75) is 0 Å². The molecule has 0 radical (unpaired) electrons. The second-order valence-corrected chi connectivity index (χ2v) is 1.78. The van der Waals surface area contributed by atoms with Crippen LogP contribution in [0.2, 0.25) is 0 Å². The minimum absolute atomic E-state index is 0. The average Bonchev–Trinajstić information content (AvgIpc) is 1.79. The fourth-order valence-electron chi connectivity index (χ4n) is 0.272. The Kier molecular flexibility index (Phi) is 12.1. The van der Waals surface area contributed by atoms with Gasteiger partial charge < -0.3 is 35.4 Å². The van der Waals surface area contributed by atoms with Crippen LogP contribution in [0.5, 0.6) is 0 Å². The van der Waals surface area contributed by atoms with E-state index in [9.17, 15) is 0 Å². The lowest BCUT2D eigenvalue weighted by Crippen LogP contribution is -1.85. The van der Waals surface area contributed by atoms with Gasteiger partial charge in [0.25, 0.3) is 23.8 Å². The summed E-state index contributed by atoms with van der Waals surface area (Å²) in [6.45, 7) is 11.6. The number of aliphatic hydroxyl groups excluding tert-OH is 4. The Hall–Kier alpha value is -2.28. The van der Waals surface area contributed by atoms with Gasteiger partial charge in [-0.2, -0.15) is 0 Å². The molecule has 0 amide bonds. The van der Waals surface area contributed by atoms with E-state index in [0.717, 1.165) is 0 Å². The van der Waals surface area contributed by atoms with Gasteiger partial charge in [-0.3, -0.25) is 0 Å². The van der Waals surface area contributed by atoms with Crippen molar-refractivity contribution < 1.29 is 35.4 Å². The second-order valence-electron chi connectivity index (χ2n) is 1.78. The summed E-state index contributed by atoms with van der Waals surface area (Å²) < 4.78 is 7.94. The molecule has 6 N–H and O–H groups in total. The number of ether oxygens (including phenoxy) is 2. The van der Waals surface area contributed by atoms with Crippen molar-refractivity contribution >= 4 is 0 Å². The fraction of sp³-hybridized carbons (Fsp3) is 0. The Morgan fingerprint density at radius 2 is 0.733 bits per heavy atom. The van der Waals surface area contributed by atoms with E-state index in [0.29, 0.717) is 0 Å². The summed E-state index contributed by atoms with van der Waals surface area (Å²) in [7, 11) is 0. The van der Waals surface area contributed by atoms with Gasteiger partial charge in [0.2, 0.25) is 0 Å². The summed E-state index contributed by atoms with van der Waals surface area (Å²) >= 11 is 0. The second kappa shape index (κ2) is 9.81. The van der Waals surface area contributed by atoms with E-state index >= 15 is 0 Å². The van der Waals surface area contributed by atoms with Gasteiger partial charge in [-0.15, -0.1) is 0 Å². The summed E-state index contributed by atoms with van der Waals surface area (Å²) in [6.07, 6.45) is 0. The predicted molar refractivity (Wildman–Crippen MR) is 52.9 cm³/mol. The zero-order chi connectivity index (χ0) is 11.7. The van der Waals surface area contributed by atoms with Crippen molar-refractivity contribution in [1.82, 2.24) is 0 Å². The minimum atomic E-state index is -0.562. The predicted octanol–water partition coefficient (Wildman–Crippen LogP) is 1.30. The third-order valence-corrected chi connectivity index (χ3v) is 0.471. The van der Waals surface area contributed by atoms with E-state index in [1.807, 2.05) is 0 Å². The summed E-state index contributed by atoms with van der Waals surface area (Å²) in [5.74, 6) is -2.25. The first-order valence-corrected chi connectivity index (χ1v) is 3.13. The quantitative estimate of drug-likeness (QED) is 0.530. The number of hydrogen-bond donors (Lipinski definition) is 4. The van der Waals surface area contributed by atoms with E-state index in [1.165, 1.54) is 0 Å². The summed E-state index contributed by atoms with van der Waals surface area (Å²) in [6, 6.07) is 0. The van der Waals surface area contributed by atoms with Crippen LogP contribution in [0.1, 0.15) is 0 Å². The molecule has 7 nitrogen and oxygen atoms in total. The molecular weight excluding hydrogens is 208 g/mol. The molecule has 7 heteroatoms. The van der Waals surface area contributed by atoms with Gasteiger partial charge in [0.15, 0.2) is 0 Å². The summed E-state index contributed by atoms with van der Waals surface area (Å²) in [4.78, 5) is 0. The van der Waals surface area contributed by atoms with Gasteiger partial charge in [0, 0.05) is 0 Å². The molecule has 0 aromatic heterocycles. The Labute approximate surface area is 86.4 Å². The maximum absolute atomic E-state index is 8.09. The SMILES string of the molecule is C=C(O)OC(=C)O.C=C(O)OC(=C)O.O. The Morgan fingerprint density at radius 1 is 0.600 bits per heavy atom. The van der Waals surface area contributed by atoms with E-state index in [4.69, 9.17) is 20.4 Å². The Bertz CT molecular complexity index is 193. The van der Waals surface area contributed by atoms with Crippen LogP contribution >= 0.6 is 0 Å². The Balaban J connectivity index is -0.000000180. The van der Waals surface area contributed by atoms with Crippen LogP contribution in [0.3, 0.4) is 0 Å². The fourth-order valence-corrected chi connectivity index (χ4v) is 0.272. The molecule has 0 saturated heterocycles. The van der Waals surface area contributed by atoms with Gasteiger partial charge >= 0.3 is 0 Å². The molecule has 0 fully saturated rings. The lowest BCUT2D eigenvalue weighted by Gasteiger charge is -1.95. The van der Waals surface area contributed by atoms with Crippen LogP contribution < -0.4 is 0 Å². The highest BCUT2D eigenvalue weighted by Crippen LogP contribution is 1.92. The first-order chi connectivity index (χ1) is 6.25. The normalized spacial score (nSPS) is 6.93. The van der Waals surface area contributed by atoms with Crippen molar-refractivity contribution in [2.24, 2.45) is 0 Å². The molecule has 0 bridgehead atoms. The van der Waals surface area contributed by atoms with Crippen molar-refractivity contribution in [3.8, 4) is 0 Å². The highest BCUT2D eigenvalue weighted by molar-refractivity contribution is 4.74. The van der Waals surface area contributed by atoms with Crippen molar-refractivity contribution in [3.05, 3.63) is 50.1 Å². The zero-order valence-electron chi connectivity index (χ0n) is 7.93. The minimum Gasteiger partial charge on any atom is -0.481 e. The number of rotatable bonds is 4. The molecule has 0 saturated carbocycles. The van der Waals surface area contributed by atoms with E-state index in [-0.39, 0.29) is 5.48 Å². The topological polar surface area (TPSA) is 131 Å². The number of hydrogen-bond acceptors (Lipinski definition) is 6.